The lowest BCUT2D eigenvalue weighted by Crippen LogP contribution is -2.52. The van der Waals surface area contributed by atoms with E-state index in [9.17, 15) is 13.6 Å². The third-order valence-electron chi connectivity index (χ3n) is 3.81. The highest BCUT2D eigenvalue weighted by atomic mass is 19.3. The summed E-state index contributed by atoms with van der Waals surface area (Å²) < 4.78 is 26.2. The summed E-state index contributed by atoms with van der Waals surface area (Å²) >= 11 is 0. The van der Waals surface area contributed by atoms with Crippen molar-refractivity contribution in [1.82, 2.24) is 20.0 Å². The van der Waals surface area contributed by atoms with Gasteiger partial charge in [0.25, 0.3) is 0 Å². The molecule has 5 nitrogen and oxygen atoms in total. The van der Waals surface area contributed by atoms with Crippen molar-refractivity contribution >= 4 is 5.91 Å². The van der Waals surface area contributed by atoms with Gasteiger partial charge >= 0.3 is 6.55 Å². The maximum Gasteiger partial charge on any atom is 0.333 e. The molecule has 1 fully saturated rings. The molecule has 1 amide bonds. The van der Waals surface area contributed by atoms with Gasteiger partial charge in [0.2, 0.25) is 5.91 Å². The highest BCUT2D eigenvalue weighted by Crippen LogP contribution is 2.20. The van der Waals surface area contributed by atoms with Gasteiger partial charge in [0.05, 0.1) is 12.1 Å². The van der Waals surface area contributed by atoms with Crippen molar-refractivity contribution in [3.63, 3.8) is 0 Å². The molecule has 1 aromatic heterocycles. The summed E-state index contributed by atoms with van der Waals surface area (Å²) in [6.07, 6.45) is 0.134. The molecule has 0 radical (unpaired) electrons. The van der Waals surface area contributed by atoms with E-state index in [1.54, 1.807) is 18.7 Å². The average Bonchev–Trinajstić information content (AvgIpc) is 2.67. The zero-order valence-electron chi connectivity index (χ0n) is 12.0. The number of hydrogen-bond donors (Lipinski definition) is 1. The van der Waals surface area contributed by atoms with Gasteiger partial charge in [-0.25, -0.2) is 4.68 Å². The molecule has 112 valence electrons. The lowest BCUT2D eigenvalue weighted by Gasteiger charge is -2.34. The normalized spacial score (nSPS) is 19.7. The zero-order chi connectivity index (χ0) is 14.9. The van der Waals surface area contributed by atoms with E-state index < -0.39 is 6.55 Å². The van der Waals surface area contributed by atoms with Gasteiger partial charge in [-0.2, -0.15) is 13.9 Å². The van der Waals surface area contributed by atoms with Crippen LogP contribution in [-0.2, 0) is 11.2 Å². The number of carbonyl (C=O) groups is 1. The van der Waals surface area contributed by atoms with Gasteiger partial charge in [-0.15, -0.1) is 0 Å². The maximum atomic E-state index is 12.8. The third kappa shape index (κ3) is 2.82. The SMILES string of the molecule is Cc1nn(C(F)F)c(C)c1CC(=O)N1CCNC[C@@H]1C. The van der Waals surface area contributed by atoms with Crippen molar-refractivity contribution in [2.24, 2.45) is 0 Å². The maximum absolute atomic E-state index is 12.8. The number of aryl methyl sites for hydroxylation is 1. The Kier molecular flexibility index (Phi) is 4.37. The van der Waals surface area contributed by atoms with Gasteiger partial charge in [-0.1, -0.05) is 0 Å². The smallest absolute Gasteiger partial charge is 0.333 e. The van der Waals surface area contributed by atoms with E-state index in [0.29, 0.717) is 28.2 Å². The van der Waals surface area contributed by atoms with Crippen molar-refractivity contribution in [1.29, 1.82) is 0 Å². The lowest BCUT2D eigenvalue weighted by atomic mass is 10.1. The van der Waals surface area contributed by atoms with Crippen LogP contribution in [0.15, 0.2) is 0 Å². The Morgan fingerprint density at radius 2 is 2.20 bits per heavy atom. The second-order valence-electron chi connectivity index (χ2n) is 5.19. The Hall–Kier alpha value is -1.50. The topological polar surface area (TPSA) is 50.2 Å². The minimum atomic E-state index is -2.67. The standard InChI is InChI=1S/C13H20F2N4O/c1-8-7-16-4-5-18(8)12(20)6-11-9(2)17-19(10(11)3)13(14)15/h8,13,16H,4-7H2,1-3H3/t8-/m0/s1. The van der Waals surface area contributed by atoms with Crippen LogP contribution in [0.4, 0.5) is 8.78 Å². The van der Waals surface area contributed by atoms with E-state index in [4.69, 9.17) is 0 Å². The summed E-state index contributed by atoms with van der Waals surface area (Å²) in [6, 6.07) is 0.127. The fourth-order valence-corrected chi connectivity index (χ4v) is 2.61. The van der Waals surface area contributed by atoms with Crippen LogP contribution in [0.1, 0.15) is 30.4 Å². The van der Waals surface area contributed by atoms with Gasteiger partial charge in [0.15, 0.2) is 0 Å². The van der Waals surface area contributed by atoms with Crippen molar-refractivity contribution in [2.45, 2.75) is 39.8 Å². The van der Waals surface area contributed by atoms with E-state index in [-0.39, 0.29) is 18.4 Å². The van der Waals surface area contributed by atoms with Crippen LogP contribution in [0.2, 0.25) is 0 Å². The third-order valence-corrected chi connectivity index (χ3v) is 3.81. The Bertz CT molecular complexity index is 501. The van der Waals surface area contributed by atoms with Crippen LogP contribution in [0, 0.1) is 13.8 Å². The first-order valence-corrected chi connectivity index (χ1v) is 6.74. The number of carbonyl (C=O) groups excluding carboxylic acids is 1. The fourth-order valence-electron chi connectivity index (χ4n) is 2.61. The Morgan fingerprint density at radius 1 is 1.50 bits per heavy atom. The van der Waals surface area contributed by atoms with Crippen LogP contribution >= 0.6 is 0 Å². The number of aromatic nitrogens is 2. The molecule has 1 aliphatic rings. The first kappa shape index (κ1) is 14.9. The van der Waals surface area contributed by atoms with E-state index in [0.717, 1.165) is 13.1 Å². The molecule has 1 saturated heterocycles. The van der Waals surface area contributed by atoms with E-state index in [1.165, 1.54) is 0 Å². The predicted octanol–water partition coefficient (Wildman–Crippen LogP) is 1.26. The molecule has 0 spiro atoms. The number of nitrogens with zero attached hydrogens (tertiary/aromatic N) is 3. The summed E-state index contributed by atoms with van der Waals surface area (Å²) in [5.41, 5.74) is 1.48. The first-order valence-electron chi connectivity index (χ1n) is 6.74. The number of alkyl halides is 2. The van der Waals surface area contributed by atoms with Gasteiger partial charge in [-0.3, -0.25) is 4.79 Å². The molecular formula is C13H20F2N4O. The summed E-state index contributed by atoms with van der Waals surface area (Å²) in [4.78, 5) is 14.1. The lowest BCUT2D eigenvalue weighted by molar-refractivity contribution is -0.133. The molecule has 1 N–H and O–H groups in total. The number of amides is 1. The molecule has 0 unspecified atom stereocenters. The van der Waals surface area contributed by atoms with E-state index >= 15 is 0 Å². The quantitative estimate of drug-likeness (QED) is 0.910. The monoisotopic (exact) mass is 286 g/mol. The summed E-state index contributed by atoms with van der Waals surface area (Å²) in [5, 5.41) is 7.03. The van der Waals surface area contributed by atoms with Crippen molar-refractivity contribution < 1.29 is 13.6 Å². The minimum Gasteiger partial charge on any atom is -0.337 e. The molecule has 2 rings (SSSR count). The first-order chi connectivity index (χ1) is 9.41. The molecule has 0 saturated carbocycles. The molecule has 7 heteroatoms. The number of nitrogens with one attached hydrogen (secondary N) is 1. The van der Waals surface area contributed by atoms with Crippen LogP contribution in [0.3, 0.4) is 0 Å². The van der Waals surface area contributed by atoms with Gasteiger partial charge in [-0.05, 0) is 20.8 Å². The second-order valence-corrected chi connectivity index (χ2v) is 5.19. The molecule has 1 atom stereocenters. The highest BCUT2D eigenvalue weighted by molar-refractivity contribution is 5.79. The number of halogens is 2. The number of hydrogen-bond acceptors (Lipinski definition) is 3. The highest BCUT2D eigenvalue weighted by Gasteiger charge is 2.25. The van der Waals surface area contributed by atoms with Crippen molar-refractivity contribution in [3.8, 4) is 0 Å². The van der Waals surface area contributed by atoms with Crippen LogP contribution in [-0.4, -0.2) is 46.3 Å². The summed E-state index contributed by atoms with van der Waals surface area (Å²) in [6.45, 7) is 4.74. The van der Waals surface area contributed by atoms with Crippen molar-refractivity contribution in [3.05, 3.63) is 17.0 Å². The minimum absolute atomic E-state index is 0.0287. The van der Waals surface area contributed by atoms with Gasteiger partial charge < -0.3 is 10.2 Å². The second kappa shape index (κ2) is 5.87. The molecule has 1 aliphatic heterocycles. The average molecular weight is 286 g/mol. The Labute approximate surface area is 116 Å². The largest absolute Gasteiger partial charge is 0.337 e. The van der Waals surface area contributed by atoms with Crippen LogP contribution in [0.5, 0.6) is 0 Å². The predicted molar refractivity (Wildman–Crippen MR) is 70.7 cm³/mol. The summed E-state index contributed by atoms with van der Waals surface area (Å²) in [7, 11) is 0. The number of rotatable bonds is 3. The van der Waals surface area contributed by atoms with E-state index in [1.807, 2.05) is 6.92 Å². The molecule has 0 bridgehead atoms. The van der Waals surface area contributed by atoms with Crippen LogP contribution < -0.4 is 5.32 Å². The van der Waals surface area contributed by atoms with Gasteiger partial charge in [0, 0.05) is 36.9 Å². The molecule has 2 heterocycles. The van der Waals surface area contributed by atoms with Gasteiger partial charge in [0.1, 0.15) is 0 Å². The zero-order valence-corrected chi connectivity index (χ0v) is 12.0. The van der Waals surface area contributed by atoms with Crippen LogP contribution in [0.25, 0.3) is 0 Å². The fraction of sp³-hybridized carbons (Fsp3) is 0.692. The molecule has 0 aliphatic carbocycles. The Morgan fingerprint density at radius 3 is 2.75 bits per heavy atom. The van der Waals surface area contributed by atoms with E-state index in [2.05, 4.69) is 10.4 Å². The molecule has 1 aromatic rings. The Balaban J connectivity index is 2.15. The molecule has 20 heavy (non-hydrogen) atoms. The number of piperazine rings is 1. The van der Waals surface area contributed by atoms with Crippen molar-refractivity contribution in [2.75, 3.05) is 19.6 Å². The summed E-state index contributed by atoms with van der Waals surface area (Å²) in [5.74, 6) is -0.0287. The molecule has 0 aromatic carbocycles. The molecular weight excluding hydrogens is 266 g/mol.